The van der Waals surface area contributed by atoms with Crippen molar-refractivity contribution in [2.45, 2.75) is 185 Å². The average molecular weight is 533 g/mol. The lowest BCUT2D eigenvalue weighted by atomic mass is 9.94. The third-order valence-corrected chi connectivity index (χ3v) is 8.95. The molecule has 5 heteroatoms. The molecule has 2 aliphatic carbocycles. The molecule has 0 bridgehead atoms. The fraction of sp³-hybridized carbons (Fsp3) is 0.906. The maximum atomic E-state index is 6.49. The van der Waals surface area contributed by atoms with E-state index in [1.54, 1.807) is 0 Å². The van der Waals surface area contributed by atoms with Gasteiger partial charge in [-0.05, 0) is 37.3 Å². The van der Waals surface area contributed by atoms with Gasteiger partial charge in [0.15, 0.2) is 0 Å². The standard InChI is InChI=1S/C32H57ClN4/c33-31-35-30(28-24-20-16-12-8-6-7-9-13-17-21-25-28)36-32(37-31)34-29-26-22-18-14-10-4-2-1-3-5-11-15-19-23-27-29/h28-29H,1-27H2,(H,34,35,36,37). The lowest BCUT2D eigenvalue weighted by molar-refractivity contribution is 0.476. The fourth-order valence-electron chi connectivity index (χ4n) is 6.41. The van der Waals surface area contributed by atoms with Crippen LogP contribution in [0.25, 0.3) is 0 Å². The number of halogens is 1. The van der Waals surface area contributed by atoms with E-state index in [0.717, 1.165) is 11.8 Å². The SMILES string of the molecule is Clc1nc(NC2CCCCCCCCCCCCCCC2)nc(C2CCCCCCCCCCCC2)n1. The molecule has 0 amide bonds. The summed E-state index contributed by atoms with van der Waals surface area (Å²) >= 11 is 6.49. The molecule has 1 heterocycles. The number of hydrogen-bond acceptors (Lipinski definition) is 4. The van der Waals surface area contributed by atoms with E-state index >= 15 is 0 Å². The maximum Gasteiger partial charge on any atom is 0.227 e. The van der Waals surface area contributed by atoms with Crippen LogP contribution < -0.4 is 5.32 Å². The molecule has 2 aliphatic rings. The van der Waals surface area contributed by atoms with Crippen molar-refractivity contribution in [1.29, 1.82) is 0 Å². The summed E-state index contributed by atoms with van der Waals surface area (Å²) in [6.07, 6.45) is 36.5. The second-order valence-corrected chi connectivity index (χ2v) is 12.4. The highest BCUT2D eigenvalue weighted by Gasteiger charge is 2.19. The van der Waals surface area contributed by atoms with Crippen LogP contribution in [0, 0.1) is 0 Å². The second-order valence-electron chi connectivity index (χ2n) is 12.1. The summed E-state index contributed by atoms with van der Waals surface area (Å²) in [6.45, 7) is 0. The molecule has 1 N–H and O–H groups in total. The van der Waals surface area contributed by atoms with Crippen molar-refractivity contribution in [2.75, 3.05) is 5.32 Å². The van der Waals surface area contributed by atoms with Crippen LogP contribution in [-0.4, -0.2) is 21.0 Å². The lowest BCUT2D eigenvalue weighted by Crippen LogP contribution is -2.22. The van der Waals surface area contributed by atoms with Crippen molar-refractivity contribution in [3.05, 3.63) is 11.1 Å². The summed E-state index contributed by atoms with van der Waals surface area (Å²) in [7, 11) is 0. The summed E-state index contributed by atoms with van der Waals surface area (Å²) < 4.78 is 0. The summed E-state index contributed by atoms with van der Waals surface area (Å²) in [5, 5.41) is 4.10. The fourth-order valence-corrected chi connectivity index (χ4v) is 6.57. The quantitative estimate of drug-likeness (QED) is 0.420. The van der Waals surface area contributed by atoms with Crippen LogP contribution in [0.15, 0.2) is 0 Å². The highest BCUT2D eigenvalue weighted by Crippen LogP contribution is 2.29. The molecule has 1 aromatic rings. The smallest absolute Gasteiger partial charge is 0.227 e. The zero-order valence-electron chi connectivity index (χ0n) is 24.0. The second kappa shape index (κ2) is 20.1. The summed E-state index contributed by atoms with van der Waals surface area (Å²) in [6, 6.07) is 0.444. The lowest BCUT2D eigenvalue weighted by Gasteiger charge is -2.21. The van der Waals surface area contributed by atoms with Crippen molar-refractivity contribution >= 4 is 17.5 Å². The molecule has 0 saturated heterocycles. The Kier molecular flexibility index (Phi) is 16.6. The molecule has 0 aliphatic heterocycles. The molecule has 4 nitrogen and oxygen atoms in total. The number of rotatable bonds is 3. The van der Waals surface area contributed by atoms with Gasteiger partial charge in [0.25, 0.3) is 0 Å². The van der Waals surface area contributed by atoms with Crippen LogP contribution in [0.1, 0.15) is 185 Å². The van der Waals surface area contributed by atoms with Crippen molar-refractivity contribution in [1.82, 2.24) is 15.0 Å². The minimum Gasteiger partial charge on any atom is -0.351 e. The van der Waals surface area contributed by atoms with Gasteiger partial charge in [0.1, 0.15) is 5.82 Å². The van der Waals surface area contributed by atoms with Gasteiger partial charge in [-0.2, -0.15) is 9.97 Å². The Balaban J connectivity index is 1.59. The maximum absolute atomic E-state index is 6.49. The zero-order chi connectivity index (χ0) is 25.8. The van der Waals surface area contributed by atoms with E-state index in [4.69, 9.17) is 16.6 Å². The van der Waals surface area contributed by atoms with Gasteiger partial charge in [0, 0.05) is 12.0 Å². The van der Waals surface area contributed by atoms with Crippen LogP contribution in [0.3, 0.4) is 0 Å². The van der Waals surface area contributed by atoms with Crippen LogP contribution in [-0.2, 0) is 0 Å². The first-order chi connectivity index (χ1) is 18.3. The van der Waals surface area contributed by atoms with Gasteiger partial charge in [0.05, 0.1) is 0 Å². The molecule has 2 fully saturated rings. The van der Waals surface area contributed by atoms with E-state index in [-0.39, 0.29) is 0 Å². The Morgan fingerprint density at radius 1 is 0.432 bits per heavy atom. The first kappa shape index (κ1) is 30.6. The number of anilines is 1. The number of nitrogens with one attached hydrogen (secondary N) is 1. The highest BCUT2D eigenvalue weighted by atomic mass is 35.5. The summed E-state index contributed by atoms with van der Waals surface area (Å²) in [5.74, 6) is 2.07. The molecule has 0 unspecified atom stereocenters. The minimum absolute atomic E-state index is 0.364. The van der Waals surface area contributed by atoms with Crippen LogP contribution in [0.2, 0.25) is 5.28 Å². The summed E-state index contributed by atoms with van der Waals surface area (Å²) in [5.41, 5.74) is 0. The molecule has 0 atom stereocenters. The van der Waals surface area contributed by atoms with Crippen molar-refractivity contribution in [3.63, 3.8) is 0 Å². The predicted molar refractivity (Wildman–Crippen MR) is 160 cm³/mol. The first-order valence-corrected chi connectivity index (χ1v) is 16.9. The Hall–Kier alpha value is -0.900. The molecular formula is C32H57ClN4. The highest BCUT2D eigenvalue weighted by molar-refractivity contribution is 6.28. The average Bonchev–Trinajstić information content (AvgIpc) is 2.91. The molecule has 0 radical (unpaired) electrons. The minimum atomic E-state index is 0.364. The normalized spacial score (nSPS) is 22.8. The molecular weight excluding hydrogens is 476 g/mol. The third-order valence-electron chi connectivity index (χ3n) is 8.78. The van der Waals surface area contributed by atoms with E-state index in [2.05, 4.69) is 15.3 Å². The number of nitrogens with zero attached hydrogens (tertiary/aromatic N) is 3. The van der Waals surface area contributed by atoms with Gasteiger partial charge in [-0.15, -0.1) is 0 Å². The van der Waals surface area contributed by atoms with Gasteiger partial charge in [0.2, 0.25) is 11.2 Å². The van der Waals surface area contributed by atoms with Gasteiger partial charge >= 0.3 is 0 Å². The van der Waals surface area contributed by atoms with E-state index in [1.807, 2.05) is 0 Å². The largest absolute Gasteiger partial charge is 0.351 e. The third kappa shape index (κ3) is 14.2. The van der Waals surface area contributed by atoms with Crippen LogP contribution in [0.4, 0.5) is 5.95 Å². The molecule has 1 aromatic heterocycles. The molecule has 212 valence electrons. The first-order valence-electron chi connectivity index (χ1n) is 16.5. The number of hydrogen-bond donors (Lipinski definition) is 1. The molecule has 0 aromatic carbocycles. The van der Waals surface area contributed by atoms with E-state index in [9.17, 15) is 0 Å². The van der Waals surface area contributed by atoms with Crippen LogP contribution in [0.5, 0.6) is 0 Å². The monoisotopic (exact) mass is 532 g/mol. The van der Waals surface area contributed by atoms with E-state index < -0.39 is 0 Å². The van der Waals surface area contributed by atoms with Crippen LogP contribution >= 0.6 is 11.6 Å². The summed E-state index contributed by atoms with van der Waals surface area (Å²) in [4.78, 5) is 14.2. The Labute approximate surface area is 234 Å². The van der Waals surface area contributed by atoms with Gasteiger partial charge < -0.3 is 5.32 Å². The van der Waals surface area contributed by atoms with E-state index in [0.29, 0.717) is 17.2 Å². The molecule has 3 rings (SSSR count). The number of aromatic nitrogens is 3. The van der Waals surface area contributed by atoms with Gasteiger partial charge in [-0.1, -0.05) is 148 Å². The Bertz CT molecular complexity index is 667. The molecule has 37 heavy (non-hydrogen) atoms. The predicted octanol–water partition coefficient (Wildman–Crippen LogP) is 10.9. The Morgan fingerprint density at radius 3 is 1.19 bits per heavy atom. The van der Waals surface area contributed by atoms with Gasteiger partial charge in [-0.25, -0.2) is 4.98 Å². The molecule has 2 saturated carbocycles. The van der Waals surface area contributed by atoms with Gasteiger partial charge in [-0.3, -0.25) is 0 Å². The van der Waals surface area contributed by atoms with E-state index in [1.165, 1.54) is 173 Å². The Morgan fingerprint density at radius 2 is 0.784 bits per heavy atom. The zero-order valence-corrected chi connectivity index (χ0v) is 24.7. The topological polar surface area (TPSA) is 50.7 Å². The van der Waals surface area contributed by atoms with Crippen molar-refractivity contribution < 1.29 is 0 Å². The van der Waals surface area contributed by atoms with Crippen molar-refractivity contribution in [3.8, 4) is 0 Å². The van der Waals surface area contributed by atoms with Crippen molar-refractivity contribution in [2.24, 2.45) is 0 Å². The molecule has 0 spiro atoms.